The quantitative estimate of drug-likeness (QED) is 0.544. The minimum Gasteiger partial charge on any atom is -0.505 e. The molecule has 1 heterocycles. The maximum atomic E-state index is 14.1. The van der Waals surface area contributed by atoms with Crippen LogP contribution in [0.5, 0.6) is 5.75 Å². The molecule has 0 radical (unpaired) electrons. The van der Waals surface area contributed by atoms with Crippen molar-refractivity contribution in [2.45, 2.75) is 6.92 Å². The number of hydrogen-bond donors (Lipinski definition) is 1. The molecular weight excluding hydrogens is 362 g/mol. The molecule has 3 nitrogen and oxygen atoms in total. The Balaban J connectivity index is 1.99. The van der Waals surface area contributed by atoms with E-state index in [-0.39, 0.29) is 5.75 Å². The van der Waals surface area contributed by atoms with Crippen molar-refractivity contribution in [1.82, 2.24) is 4.57 Å². The van der Waals surface area contributed by atoms with E-state index in [0.717, 1.165) is 27.9 Å². The Bertz CT molecular complexity index is 1250. The van der Waals surface area contributed by atoms with Gasteiger partial charge in [-0.05, 0) is 48.4 Å². The first-order chi connectivity index (χ1) is 14.0. The zero-order valence-electron chi connectivity index (χ0n) is 16.1. The highest BCUT2D eigenvalue weighted by atomic mass is 19.1. The minimum absolute atomic E-state index is 0.379. The normalized spacial score (nSPS) is 10.7. The summed E-state index contributed by atoms with van der Waals surface area (Å²) >= 11 is 0. The SMILES string of the molecule is Bc1ccc(-c2ccn(-c3ccc(O)c(F)c3)c2-c2ccc(C#N)cc2C)cc1. The predicted octanol–water partition coefficient (Wildman–Crippen LogP) is 4.09. The van der Waals surface area contributed by atoms with Crippen molar-refractivity contribution in [2.24, 2.45) is 0 Å². The highest BCUT2D eigenvalue weighted by Crippen LogP contribution is 2.37. The van der Waals surface area contributed by atoms with E-state index in [4.69, 9.17) is 0 Å². The topological polar surface area (TPSA) is 49.0 Å². The Morgan fingerprint density at radius 2 is 1.72 bits per heavy atom. The van der Waals surface area contributed by atoms with Gasteiger partial charge in [0.2, 0.25) is 0 Å². The van der Waals surface area contributed by atoms with Crippen molar-refractivity contribution < 1.29 is 9.50 Å². The van der Waals surface area contributed by atoms with Crippen molar-refractivity contribution >= 4 is 13.3 Å². The van der Waals surface area contributed by atoms with Crippen LogP contribution in [0.1, 0.15) is 11.1 Å². The Labute approximate surface area is 169 Å². The van der Waals surface area contributed by atoms with E-state index in [9.17, 15) is 14.8 Å². The summed E-state index contributed by atoms with van der Waals surface area (Å²) in [5.41, 5.74) is 7.24. The molecule has 0 bridgehead atoms. The second kappa shape index (κ2) is 7.33. The number of phenols is 1. The molecule has 0 aliphatic carbocycles. The average Bonchev–Trinajstić information content (AvgIpc) is 3.15. The number of aromatic hydroxyl groups is 1. The molecule has 0 saturated carbocycles. The van der Waals surface area contributed by atoms with Gasteiger partial charge < -0.3 is 9.67 Å². The van der Waals surface area contributed by atoms with Gasteiger partial charge in [0.05, 0.1) is 17.3 Å². The summed E-state index contributed by atoms with van der Waals surface area (Å²) in [7, 11) is 2.04. The first-order valence-corrected chi connectivity index (χ1v) is 9.26. The summed E-state index contributed by atoms with van der Waals surface area (Å²) in [5, 5.41) is 18.8. The Morgan fingerprint density at radius 3 is 2.38 bits per heavy atom. The number of halogens is 1. The Kier molecular flexibility index (Phi) is 4.70. The van der Waals surface area contributed by atoms with Gasteiger partial charge in [0.1, 0.15) is 7.85 Å². The van der Waals surface area contributed by atoms with E-state index >= 15 is 0 Å². The van der Waals surface area contributed by atoms with Crippen LogP contribution in [0.25, 0.3) is 28.1 Å². The molecule has 4 aromatic rings. The fourth-order valence-corrected chi connectivity index (χ4v) is 3.53. The lowest BCUT2D eigenvalue weighted by molar-refractivity contribution is 0.432. The summed E-state index contributed by atoms with van der Waals surface area (Å²) in [6, 6.07) is 22.3. The number of phenolic OH excluding ortho intramolecular Hbond substituents is 1. The number of benzene rings is 3. The third-order valence-electron chi connectivity index (χ3n) is 5.07. The van der Waals surface area contributed by atoms with Crippen molar-refractivity contribution in [1.29, 1.82) is 5.26 Å². The van der Waals surface area contributed by atoms with E-state index in [2.05, 4.69) is 30.3 Å². The molecule has 29 heavy (non-hydrogen) atoms. The molecule has 4 rings (SSSR count). The summed E-state index contributed by atoms with van der Waals surface area (Å²) in [6.07, 6.45) is 1.90. The van der Waals surface area contributed by atoms with Gasteiger partial charge in [-0.1, -0.05) is 35.8 Å². The van der Waals surface area contributed by atoms with Gasteiger partial charge in [-0.15, -0.1) is 0 Å². The van der Waals surface area contributed by atoms with Crippen molar-refractivity contribution in [3.05, 3.63) is 89.9 Å². The summed E-state index contributed by atoms with van der Waals surface area (Å²) in [5.74, 6) is -1.05. The van der Waals surface area contributed by atoms with E-state index in [1.807, 2.05) is 43.7 Å². The largest absolute Gasteiger partial charge is 0.505 e. The maximum absolute atomic E-state index is 14.1. The summed E-state index contributed by atoms with van der Waals surface area (Å²) < 4.78 is 16.0. The lowest BCUT2D eigenvalue weighted by atomic mass is 9.92. The maximum Gasteiger partial charge on any atom is 0.166 e. The molecule has 0 aliphatic rings. The third-order valence-corrected chi connectivity index (χ3v) is 5.07. The van der Waals surface area contributed by atoms with E-state index < -0.39 is 5.82 Å². The van der Waals surface area contributed by atoms with Crippen LogP contribution in [0.3, 0.4) is 0 Å². The average molecular weight is 380 g/mol. The number of aromatic nitrogens is 1. The van der Waals surface area contributed by atoms with Gasteiger partial charge in [0.15, 0.2) is 11.6 Å². The molecule has 0 atom stereocenters. The second-order valence-corrected chi connectivity index (χ2v) is 7.09. The van der Waals surface area contributed by atoms with Gasteiger partial charge >= 0.3 is 0 Å². The van der Waals surface area contributed by atoms with Crippen LogP contribution in [0.2, 0.25) is 0 Å². The number of nitrogens with zero attached hydrogens (tertiary/aromatic N) is 2. The first-order valence-electron chi connectivity index (χ1n) is 9.26. The highest BCUT2D eigenvalue weighted by molar-refractivity contribution is 6.32. The summed E-state index contributed by atoms with van der Waals surface area (Å²) in [4.78, 5) is 0. The van der Waals surface area contributed by atoms with Crippen molar-refractivity contribution in [3.8, 4) is 39.9 Å². The number of rotatable bonds is 3. The summed E-state index contributed by atoms with van der Waals surface area (Å²) in [6.45, 7) is 1.96. The van der Waals surface area contributed by atoms with Crippen molar-refractivity contribution in [2.75, 3.05) is 0 Å². The fraction of sp³-hybridized carbons (Fsp3) is 0.0417. The number of aryl methyl sites for hydroxylation is 1. The predicted molar refractivity (Wildman–Crippen MR) is 116 cm³/mol. The molecule has 0 fully saturated rings. The lowest BCUT2D eigenvalue weighted by Gasteiger charge is -2.15. The number of nitriles is 1. The highest BCUT2D eigenvalue weighted by Gasteiger charge is 2.17. The molecule has 140 valence electrons. The van der Waals surface area contributed by atoms with E-state index in [1.54, 1.807) is 12.1 Å². The minimum atomic E-state index is -0.671. The van der Waals surface area contributed by atoms with Crippen LogP contribution in [0.4, 0.5) is 4.39 Å². The Hall–Kier alpha value is -3.78. The van der Waals surface area contributed by atoms with Gasteiger partial charge in [-0.2, -0.15) is 5.26 Å². The van der Waals surface area contributed by atoms with Crippen LogP contribution in [0.15, 0.2) is 72.9 Å². The van der Waals surface area contributed by atoms with Crippen LogP contribution in [-0.4, -0.2) is 17.5 Å². The van der Waals surface area contributed by atoms with Crippen LogP contribution in [0, 0.1) is 24.1 Å². The molecule has 5 heteroatoms. The molecular formula is C24H18BFN2O. The molecule has 1 N–H and O–H groups in total. The molecule has 0 unspecified atom stereocenters. The Morgan fingerprint density at radius 1 is 0.966 bits per heavy atom. The zero-order chi connectivity index (χ0) is 20.5. The van der Waals surface area contributed by atoms with Gasteiger partial charge in [0.25, 0.3) is 0 Å². The van der Waals surface area contributed by atoms with Gasteiger partial charge in [0, 0.05) is 29.1 Å². The van der Waals surface area contributed by atoms with Gasteiger partial charge in [-0.25, -0.2) is 4.39 Å². The third kappa shape index (κ3) is 3.41. The molecule has 0 spiro atoms. The standard InChI is InChI=1S/C24H18BFN2O/c1-15-12-16(14-27)2-8-20(15)24-21(17-3-5-18(25)6-4-17)10-11-28(24)19-7-9-23(29)22(26)13-19/h2-13,29H,25H2,1H3. The second-order valence-electron chi connectivity index (χ2n) is 7.09. The van der Waals surface area contributed by atoms with Crippen molar-refractivity contribution in [3.63, 3.8) is 0 Å². The van der Waals surface area contributed by atoms with E-state index in [0.29, 0.717) is 11.3 Å². The first kappa shape index (κ1) is 18.6. The number of hydrogen-bond acceptors (Lipinski definition) is 2. The lowest BCUT2D eigenvalue weighted by Crippen LogP contribution is -2.01. The molecule has 1 aromatic heterocycles. The van der Waals surface area contributed by atoms with Crippen LogP contribution in [-0.2, 0) is 0 Å². The molecule has 3 aromatic carbocycles. The van der Waals surface area contributed by atoms with Crippen LogP contribution < -0.4 is 5.46 Å². The fourth-order valence-electron chi connectivity index (χ4n) is 3.53. The smallest absolute Gasteiger partial charge is 0.166 e. The van der Waals surface area contributed by atoms with Crippen LogP contribution >= 0.6 is 0 Å². The molecule has 0 amide bonds. The van der Waals surface area contributed by atoms with E-state index in [1.165, 1.54) is 17.6 Å². The molecule has 0 saturated heterocycles. The van der Waals surface area contributed by atoms with Gasteiger partial charge in [-0.3, -0.25) is 0 Å². The zero-order valence-corrected chi connectivity index (χ0v) is 16.1. The monoisotopic (exact) mass is 380 g/mol. The molecule has 0 aliphatic heterocycles.